The highest BCUT2D eigenvalue weighted by Crippen LogP contribution is 2.41. The van der Waals surface area contributed by atoms with Gasteiger partial charge in [-0.25, -0.2) is 4.79 Å². The summed E-state index contributed by atoms with van der Waals surface area (Å²) in [4.78, 5) is 12.2. The topological polar surface area (TPSA) is 35.5 Å². The van der Waals surface area contributed by atoms with Crippen molar-refractivity contribution in [1.82, 2.24) is 0 Å². The molecular formula is C15H22O3. The third-order valence-corrected chi connectivity index (χ3v) is 3.08. The summed E-state index contributed by atoms with van der Waals surface area (Å²) < 4.78 is 11.3. The van der Waals surface area contributed by atoms with Gasteiger partial charge in [-0.2, -0.15) is 0 Å². The largest absolute Gasteiger partial charge is 0.433 e. The van der Waals surface area contributed by atoms with Gasteiger partial charge in [0.1, 0.15) is 0 Å². The van der Waals surface area contributed by atoms with Crippen LogP contribution >= 0.6 is 0 Å². The van der Waals surface area contributed by atoms with Gasteiger partial charge in [0, 0.05) is 17.8 Å². The third-order valence-electron chi connectivity index (χ3n) is 3.08. The molecule has 1 saturated heterocycles. The summed E-state index contributed by atoms with van der Waals surface area (Å²) in [5.74, 6) is -0.664. The van der Waals surface area contributed by atoms with E-state index < -0.39 is 11.9 Å². The van der Waals surface area contributed by atoms with Crippen molar-refractivity contribution in [2.24, 2.45) is 11.3 Å². The van der Waals surface area contributed by atoms with Crippen molar-refractivity contribution in [3.05, 3.63) is 38.0 Å². The van der Waals surface area contributed by atoms with Gasteiger partial charge in [0.15, 0.2) is 5.60 Å². The third kappa shape index (κ3) is 2.41. The van der Waals surface area contributed by atoms with E-state index in [1.807, 2.05) is 20.8 Å². The van der Waals surface area contributed by atoms with Gasteiger partial charge in [-0.15, -0.1) is 19.7 Å². The molecule has 1 fully saturated rings. The lowest BCUT2D eigenvalue weighted by atomic mass is 9.84. The van der Waals surface area contributed by atoms with Gasteiger partial charge in [-0.3, -0.25) is 0 Å². The predicted molar refractivity (Wildman–Crippen MR) is 71.8 cm³/mol. The van der Waals surface area contributed by atoms with Crippen LogP contribution in [0.5, 0.6) is 0 Å². The Balaban J connectivity index is 3.13. The maximum absolute atomic E-state index is 12.2. The lowest BCUT2D eigenvalue weighted by Gasteiger charge is -2.30. The number of esters is 1. The Bertz CT molecular complexity index is 356. The van der Waals surface area contributed by atoms with E-state index in [0.29, 0.717) is 6.42 Å². The molecule has 0 unspecified atom stereocenters. The fourth-order valence-electron chi connectivity index (χ4n) is 1.99. The number of carbonyl (C=O) groups excluding carboxylic acids is 1. The van der Waals surface area contributed by atoms with Gasteiger partial charge in [-0.05, 0) is 0 Å². The molecule has 0 aromatic rings. The smallest absolute Gasteiger partial charge is 0.342 e. The van der Waals surface area contributed by atoms with E-state index >= 15 is 0 Å². The second-order valence-electron chi connectivity index (χ2n) is 5.60. The zero-order chi connectivity index (χ0) is 14.0. The van der Waals surface area contributed by atoms with Crippen LogP contribution in [0.4, 0.5) is 0 Å². The van der Waals surface area contributed by atoms with Crippen LogP contribution < -0.4 is 0 Å². The first-order valence-corrected chi connectivity index (χ1v) is 6.06. The monoisotopic (exact) mass is 250 g/mol. The van der Waals surface area contributed by atoms with Gasteiger partial charge in [0.25, 0.3) is 0 Å². The standard InChI is InChI=1S/C15H22O3/c1-7-10-15(11(8-2)9-3)12(16)17-13(18-15)14(4,5)6/h7-9,11,13H,1-3,10H2,4-6H3/t13-,15-/m0/s1. The van der Waals surface area contributed by atoms with E-state index in [9.17, 15) is 4.79 Å². The Morgan fingerprint density at radius 2 is 1.89 bits per heavy atom. The lowest BCUT2D eigenvalue weighted by Crippen LogP contribution is -2.43. The lowest BCUT2D eigenvalue weighted by molar-refractivity contribution is -0.156. The highest BCUT2D eigenvalue weighted by atomic mass is 16.8. The van der Waals surface area contributed by atoms with Gasteiger partial charge < -0.3 is 9.47 Å². The predicted octanol–water partition coefficient (Wildman–Crippen LogP) is 3.24. The average molecular weight is 250 g/mol. The Labute approximate surface area is 109 Å². The Morgan fingerprint density at radius 3 is 2.22 bits per heavy atom. The summed E-state index contributed by atoms with van der Waals surface area (Å²) in [6, 6.07) is 0. The first kappa shape index (κ1) is 14.7. The fourth-order valence-corrected chi connectivity index (χ4v) is 1.99. The van der Waals surface area contributed by atoms with Gasteiger partial charge in [-0.1, -0.05) is 39.0 Å². The van der Waals surface area contributed by atoms with Gasteiger partial charge in [0.2, 0.25) is 6.29 Å². The Hall–Kier alpha value is -1.35. The molecule has 3 nitrogen and oxygen atoms in total. The quantitative estimate of drug-likeness (QED) is 0.555. The van der Waals surface area contributed by atoms with E-state index in [1.165, 1.54) is 0 Å². The molecule has 0 spiro atoms. The van der Waals surface area contributed by atoms with Crippen LogP contribution in [0.3, 0.4) is 0 Å². The van der Waals surface area contributed by atoms with Gasteiger partial charge >= 0.3 is 5.97 Å². The molecule has 0 radical (unpaired) electrons. The van der Waals surface area contributed by atoms with Crippen molar-refractivity contribution in [3.8, 4) is 0 Å². The normalized spacial score (nSPS) is 28.0. The molecule has 1 aliphatic rings. The molecule has 100 valence electrons. The van der Waals surface area contributed by atoms with Crippen molar-refractivity contribution in [1.29, 1.82) is 0 Å². The second kappa shape index (κ2) is 5.11. The van der Waals surface area contributed by atoms with E-state index in [4.69, 9.17) is 9.47 Å². The summed E-state index contributed by atoms with van der Waals surface area (Å²) in [5.41, 5.74) is -1.34. The average Bonchev–Trinajstić information content (AvgIpc) is 2.59. The van der Waals surface area contributed by atoms with E-state index in [0.717, 1.165) is 0 Å². The molecule has 1 rings (SSSR count). The highest BCUT2D eigenvalue weighted by Gasteiger charge is 2.55. The minimum Gasteiger partial charge on any atom is -0.433 e. The van der Waals surface area contributed by atoms with Crippen LogP contribution in [0, 0.1) is 11.3 Å². The minimum absolute atomic E-state index is 0.272. The summed E-state index contributed by atoms with van der Waals surface area (Å²) in [6.07, 6.45) is 4.78. The van der Waals surface area contributed by atoms with E-state index in [2.05, 4.69) is 19.7 Å². The number of cyclic esters (lactones) is 1. The molecule has 3 heteroatoms. The van der Waals surface area contributed by atoms with Crippen molar-refractivity contribution in [2.45, 2.75) is 39.1 Å². The first-order valence-electron chi connectivity index (χ1n) is 6.06. The molecule has 0 aromatic carbocycles. The molecule has 1 aliphatic heterocycles. The Morgan fingerprint density at radius 1 is 1.33 bits per heavy atom. The van der Waals surface area contributed by atoms with Crippen LogP contribution in [0.2, 0.25) is 0 Å². The van der Waals surface area contributed by atoms with Crippen LogP contribution in [-0.4, -0.2) is 17.9 Å². The highest BCUT2D eigenvalue weighted by molar-refractivity contribution is 5.82. The van der Waals surface area contributed by atoms with Crippen molar-refractivity contribution < 1.29 is 14.3 Å². The summed E-state index contributed by atoms with van der Waals surface area (Å²) in [7, 11) is 0. The molecule has 0 amide bonds. The number of hydrogen-bond acceptors (Lipinski definition) is 3. The van der Waals surface area contributed by atoms with Crippen molar-refractivity contribution in [2.75, 3.05) is 0 Å². The molecular weight excluding hydrogens is 228 g/mol. The zero-order valence-electron chi connectivity index (χ0n) is 11.4. The summed E-state index contributed by atoms with van der Waals surface area (Å²) >= 11 is 0. The zero-order valence-corrected chi connectivity index (χ0v) is 11.4. The minimum atomic E-state index is -1.07. The van der Waals surface area contributed by atoms with Crippen LogP contribution in [-0.2, 0) is 14.3 Å². The molecule has 0 saturated carbocycles. The van der Waals surface area contributed by atoms with Crippen LogP contribution in [0.1, 0.15) is 27.2 Å². The molecule has 0 bridgehead atoms. The van der Waals surface area contributed by atoms with E-state index in [-0.39, 0.29) is 17.3 Å². The van der Waals surface area contributed by atoms with Crippen LogP contribution in [0.25, 0.3) is 0 Å². The first-order chi connectivity index (χ1) is 8.31. The maximum atomic E-state index is 12.2. The molecule has 18 heavy (non-hydrogen) atoms. The summed E-state index contributed by atoms with van der Waals surface area (Å²) in [6.45, 7) is 17.0. The fraction of sp³-hybridized carbons (Fsp3) is 0.533. The van der Waals surface area contributed by atoms with Crippen LogP contribution in [0.15, 0.2) is 38.0 Å². The molecule has 0 aliphatic carbocycles. The van der Waals surface area contributed by atoms with Crippen molar-refractivity contribution >= 4 is 5.97 Å². The molecule has 0 N–H and O–H groups in total. The molecule has 2 atom stereocenters. The SMILES string of the molecule is C=CC[C@@]1(C(C=C)C=C)O[C@@H](C(C)(C)C)OC1=O. The maximum Gasteiger partial charge on any atom is 0.342 e. The van der Waals surface area contributed by atoms with Gasteiger partial charge in [0.05, 0.1) is 0 Å². The Kier molecular flexibility index (Phi) is 4.17. The number of ether oxygens (including phenoxy) is 2. The number of hydrogen-bond donors (Lipinski definition) is 0. The molecule has 0 aromatic heterocycles. The number of carbonyl (C=O) groups is 1. The van der Waals surface area contributed by atoms with Crippen molar-refractivity contribution in [3.63, 3.8) is 0 Å². The second-order valence-corrected chi connectivity index (χ2v) is 5.60. The molecule has 1 heterocycles. The number of rotatable bonds is 5. The van der Waals surface area contributed by atoms with E-state index in [1.54, 1.807) is 18.2 Å². The summed E-state index contributed by atoms with van der Waals surface area (Å²) in [5, 5.41) is 0.